The first-order valence-corrected chi connectivity index (χ1v) is 5.83. The standard InChI is InChI=1S/C5H2ClF6NS/c6-14(9,10,11,12)3-1-4(7)13-5(8)2-3/h1-2H. The maximum absolute atomic E-state index is 12.4. The van der Waals surface area contributed by atoms with Crippen LogP contribution in [0.15, 0.2) is 17.0 Å². The molecule has 0 unspecified atom stereocenters. The van der Waals surface area contributed by atoms with Gasteiger partial charge in [-0.05, 0) is 0 Å². The minimum atomic E-state index is -9.04. The third kappa shape index (κ3) is 2.68. The van der Waals surface area contributed by atoms with Gasteiger partial charge >= 0.3 is 0 Å². The quantitative estimate of drug-likeness (QED) is 0.540. The number of aromatic nitrogens is 1. The van der Waals surface area contributed by atoms with Gasteiger partial charge in [0.15, 0.2) is 0 Å². The number of hydrogen-bond acceptors (Lipinski definition) is 1. The van der Waals surface area contributed by atoms with Crippen molar-refractivity contribution in [2.75, 3.05) is 0 Å². The first-order chi connectivity index (χ1) is 5.88. The Morgan fingerprint density at radius 2 is 1.36 bits per heavy atom. The molecule has 0 fully saturated rings. The normalized spacial score (nSPS) is 17.4. The molecule has 1 nitrogen and oxygen atoms in total. The first kappa shape index (κ1) is 11.4. The number of nitrogens with zero attached hydrogens (tertiary/aromatic N) is 1. The number of pyridine rings is 1. The van der Waals surface area contributed by atoms with E-state index in [-0.39, 0.29) is 12.1 Å². The molecule has 1 aromatic heterocycles. The molecule has 0 amide bonds. The first-order valence-electron chi connectivity index (χ1n) is 2.96. The van der Waals surface area contributed by atoms with Crippen LogP contribution in [-0.2, 0) is 0 Å². The largest absolute Gasteiger partial charge is 0.254 e. The van der Waals surface area contributed by atoms with Crippen molar-refractivity contribution < 1.29 is 24.3 Å². The molecule has 0 aliphatic heterocycles. The van der Waals surface area contributed by atoms with Crippen LogP contribution in [0.5, 0.6) is 0 Å². The van der Waals surface area contributed by atoms with Gasteiger partial charge in [0, 0.05) is 22.8 Å². The zero-order valence-electron chi connectivity index (χ0n) is 6.16. The fourth-order valence-corrected chi connectivity index (χ4v) is 1.57. The number of halogens is 7. The van der Waals surface area contributed by atoms with E-state index >= 15 is 0 Å². The Morgan fingerprint density at radius 1 is 1.00 bits per heavy atom. The molecule has 1 heterocycles. The van der Waals surface area contributed by atoms with Gasteiger partial charge in [0.05, 0.1) is 0 Å². The maximum Gasteiger partial charge on any atom is 0.254 e. The van der Waals surface area contributed by atoms with E-state index in [1.807, 2.05) is 0 Å². The van der Waals surface area contributed by atoms with Gasteiger partial charge in [0.25, 0.3) is 9.05 Å². The van der Waals surface area contributed by atoms with Crippen molar-refractivity contribution in [3.05, 3.63) is 24.0 Å². The zero-order valence-corrected chi connectivity index (χ0v) is 7.73. The van der Waals surface area contributed by atoms with Crippen LogP contribution in [0.4, 0.5) is 24.3 Å². The van der Waals surface area contributed by atoms with Gasteiger partial charge in [-0.1, -0.05) is 0 Å². The average molecular weight is 258 g/mol. The van der Waals surface area contributed by atoms with E-state index in [0.717, 1.165) is 0 Å². The van der Waals surface area contributed by atoms with Crippen molar-refractivity contribution in [2.24, 2.45) is 0 Å². The minimum absolute atomic E-state index is 0.308. The lowest BCUT2D eigenvalue weighted by atomic mass is 10.5. The highest BCUT2D eigenvalue weighted by Gasteiger charge is 2.63. The van der Waals surface area contributed by atoms with Crippen LogP contribution in [0.3, 0.4) is 0 Å². The highest BCUT2D eigenvalue weighted by atomic mass is 35.7. The lowest BCUT2D eigenvalue weighted by Gasteiger charge is -2.42. The van der Waals surface area contributed by atoms with Gasteiger partial charge in [-0.25, -0.2) is 0 Å². The van der Waals surface area contributed by atoms with Gasteiger partial charge in [-0.2, -0.15) is 13.8 Å². The lowest BCUT2D eigenvalue weighted by molar-refractivity contribution is 0.463. The summed E-state index contributed by atoms with van der Waals surface area (Å²) in [6, 6.07) is -0.616. The molecular formula is C5H2ClF6NS. The van der Waals surface area contributed by atoms with Crippen LogP contribution in [0, 0.1) is 11.9 Å². The maximum atomic E-state index is 12.4. The zero-order chi connectivity index (χ0) is 11.3. The summed E-state index contributed by atoms with van der Waals surface area (Å²) in [5, 5.41) is 0. The Kier molecular flexibility index (Phi) is 1.88. The van der Waals surface area contributed by atoms with E-state index < -0.39 is 25.8 Å². The highest BCUT2D eigenvalue weighted by molar-refractivity contribution is 8.65. The molecule has 0 radical (unpaired) electrons. The molecule has 0 spiro atoms. The molecule has 0 aliphatic carbocycles. The van der Waals surface area contributed by atoms with Crippen LogP contribution in [-0.4, -0.2) is 4.98 Å². The average Bonchev–Trinajstić information content (AvgIpc) is 1.78. The molecule has 1 aromatic rings. The van der Waals surface area contributed by atoms with Crippen molar-refractivity contribution in [1.29, 1.82) is 0 Å². The Bertz CT molecular complexity index is 366. The van der Waals surface area contributed by atoms with E-state index in [2.05, 4.69) is 15.7 Å². The van der Waals surface area contributed by atoms with Gasteiger partial charge in [-0.15, -0.1) is 15.5 Å². The van der Waals surface area contributed by atoms with Crippen molar-refractivity contribution >= 4 is 19.7 Å². The summed E-state index contributed by atoms with van der Waals surface area (Å²) in [5.41, 5.74) is 0. The summed E-state index contributed by atoms with van der Waals surface area (Å²) in [7, 11) is -5.24. The van der Waals surface area contributed by atoms with Crippen LogP contribution in [0.1, 0.15) is 0 Å². The summed E-state index contributed by atoms with van der Waals surface area (Å²) < 4.78 is 74.0. The fraction of sp³-hybridized carbons (Fsp3) is 0. The molecule has 0 saturated carbocycles. The predicted molar refractivity (Wildman–Crippen MR) is 40.3 cm³/mol. The van der Waals surface area contributed by atoms with Gasteiger partial charge in [0.1, 0.15) is 4.90 Å². The van der Waals surface area contributed by atoms with Crippen LogP contribution in [0.25, 0.3) is 0 Å². The molecule has 0 bridgehead atoms. The molecule has 0 saturated heterocycles. The summed E-state index contributed by atoms with van der Waals surface area (Å²) >= 11 is 0. The molecule has 0 aromatic carbocycles. The van der Waals surface area contributed by atoms with Crippen LogP contribution in [0.2, 0.25) is 0 Å². The number of hydrogen-bond donors (Lipinski definition) is 0. The van der Waals surface area contributed by atoms with Gasteiger partial charge < -0.3 is 0 Å². The number of rotatable bonds is 1. The van der Waals surface area contributed by atoms with Crippen LogP contribution < -0.4 is 0 Å². The molecule has 0 aliphatic rings. The molecule has 0 N–H and O–H groups in total. The molecule has 14 heavy (non-hydrogen) atoms. The third-order valence-electron chi connectivity index (χ3n) is 1.18. The Hall–Kier alpha value is -0.630. The molecule has 82 valence electrons. The monoisotopic (exact) mass is 257 g/mol. The van der Waals surface area contributed by atoms with Gasteiger partial charge in [-0.3, -0.25) is 0 Å². The third-order valence-corrected chi connectivity index (χ3v) is 2.84. The summed E-state index contributed by atoms with van der Waals surface area (Å²) in [6.07, 6.45) is 0. The Balaban J connectivity index is 3.50. The van der Waals surface area contributed by atoms with Crippen molar-refractivity contribution in [2.45, 2.75) is 4.90 Å². The van der Waals surface area contributed by atoms with Crippen molar-refractivity contribution in [3.63, 3.8) is 0 Å². The second-order valence-electron chi connectivity index (χ2n) is 2.42. The predicted octanol–water partition coefficient (Wildman–Crippen LogP) is 4.29. The fourth-order valence-electron chi connectivity index (χ4n) is 0.666. The minimum Gasteiger partial charge on any atom is -0.191 e. The SMILES string of the molecule is Fc1cc(S(F)(F)(F)(F)Cl)cc(F)n1. The summed E-state index contributed by atoms with van der Waals surface area (Å²) in [6.45, 7) is 0. The van der Waals surface area contributed by atoms with E-state index in [1.54, 1.807) is 0 Å². The van der Waals surface area contributed by atoms with E-state index in [4.69, 9.17) is 0 Å². The second-order valence-corrected chi connectivity index (χ2v) is 6.69. The van der Waals surface area contributed by atoms with Crippen LogP contribution >= 0.6 is 19.7 Å². The van der Waals surface area contributed by atoms with E-state index in [0.29, 0.717) is 0 Å². The Morgan fingerprint density at radius 3 is 1.64 bits per heavy atom. The van der Waals surface area contributed by atoms with Gasteiger partial charge in [0.2, 0.25) is 11.9 Å². The molecule has 9 heteroatoms. The second kappa shape index (κ2) is 2.30. The van der Waals surface area contributed by atoms with Crippen molar-refractivity contribution in [3.8, 4) is 0 Å². The van der Waals surface area contributed by atoms with E-state index in [9.17, 15) is 24.3 Å². The Labute approximate surface area is 78.6 Å². The topological polar surface area (TPSA) is 12.9 Å². The van der Waals surface area contributed by atoms with E-state index in [1.165, 1.54) is 0 Å². The smallest absolute Gasteiger partial charge is 0.191 e. The molecule has 1 rings (SSSR count). The molecule has 0 atom stereocenters. The highest BCUT2D eigenvalue weighted by Crippen LogP contribution is 3.04. The van der Waals surface area contributed by atoms with Crippen molar-refractivity contribution in [1.82, 2.24) is 4.98 Å². The molecular weight excluding hydrogens is 256 g/mol. The lowest BCUT2D eigenvalue weighted by Crippen LogP contribution is -2.06. The summed E-state index contributed by atoms with van der Waals surface area (Å²) in [4.78, 5) is 0.173. The summed E-state index contributed by atoms with van der Waals surface area (Å²) in [5.74, 6) is -3.59.